The minimum absolute atomic E-state index is 0.274. The molecular formula is C24H27ClO5. The molecule has 3 rings (SSSR count). The van der Waals surface area contributed by atoms with Crippen molar-refractivity contribution < 1.29 is 24.5 Å². The fourth-order valence-corrected chi connectivity index (χ4v) is 3.63. The zero-order chi connectivity index (χ0) is 21.3. The Labute approximate surface area is 181 Å². The van der Waals surface area contributed by atoms with Gasteiger partial charge in [-0.3, -0.25) is 0 Å². The van der Waals surface area contributed by atoms with Crippen LogP contribution in [0.15, 0.2) is 60.7 Å². The van der Waals surface area contributed by atoms with Crippen LogP contribution in [0.1, 0.15) is 30.4 Å². The molecule has 160 valence electrons. The molecule has 1 saturated carbocycles. The highest BCUT2D eigenvalue weighted by atomic mass is 35.5. The number of esters is 1. The molecule has 0 bridgehead atoms. The monoisotopic (exact) mass is 430 g/mol. The standard InChI is InChI=1S/C24H27ClO5/c25-19-11-8-18(9-12-19)7-4-14-29-20-15-21(26)24(28)22(16-20)30-23(27)13-10-17-5-2-1-3-6-17/h1-3,5-6,8-13,20-22,24,26,28H,4,7,14-16H2/b13-10+/t20-,21-,22+,24+/m0/s1. The summed E-state index contributed by atoms with van der Waals surface area (Å²) in [6.45, 7) is 0.519. The predicted molar refractivity (Wildman–Crippen MR) is 116 cm³/mol. The second-order valence-corrected chi connectivity index (χ2v) is 7.91. The first-order valence-electron chi connectivity index (χ1n) is 10.2. The summed E-state index contributed by atoms with van der Waals surface area (Å²) in [6, 6.07) is 17.1. The Hall–Kier alpha value is -2.18. The molecule has 0 heterocycles. The summed E-state index contributed by atoms with van der Waals surface area (Å²) in [5.41, 5.74) is 2.06. The third kappa shape index (κ3) is 6.96. The van der Waals surface area contributed by atoms with Crippen molar-refractivity contribution in [2.75, 3.05) is 6.61 Å². The Kier molecular flexibility index (Phi) is 8.46. The molecular weight excluding hydrogens is 404 g/mol. The van der Waals surface area contributed by atoms with Gasteiger partial charge in [0, 0.05) is 30.5 Å². The summed E-state index contributed by atoms with van der Waals surface area (Å²) in [4.78, 5) is 12.1. The predicted octanol–water partition coefficient (Wildman–Crippen LogP) is 3.80. The molecule has 5 nitrogen and oxygen atoms in total. The first kappa shape index (κ1) is 22.5. The number of aryl methyl sites for hydroxylation is 1. The van der Waals surface area contributed by atoms with Crippen molar-refractivity contribution in [3.8, 4) is 0 Å². The molecule has 2 aromatic rings. The van der Waals surface area contributed by atoms with Gasteiger partial charge in [0.25, 0.3) is 0 Å². The number of aliphatic hydroxyl groups is 2. The van der Waals surface area contributed by atoms with Crippen LogP contribution in [0.4, 0.5) is 0 Å². The summed E-state index contributed by atoms with van der Waals surface area (Å²) in [6.07, 6.45) is 2.14. The number of ether oxygens (including phenoxy) is 2. The minimum atomic E-state index is -1.12. The van der Waals surface area contributed by atoms with Gasteiger partial charge in [0.15, 0.2) is 0 Å². The normalized spacial score (nSPS) is 24.1. The van der Waals surface area contributed by atoms with E-state index in [1.54, 1.807) is 6.08 Å². The Morgan fingerprint density at radius 1 is 1.07 bits per heavy atom. The van der Waals surface area contributed by atoms with Crippen molar-refractivity contribution in [3.05, 3.63) is 76.8 Å². The van der Waals surface area contributed by atoms with E-state index in [4.69, 9.17) is 21.1 Å². The van der Waals surface area contributed by atoms with E-state index in [0.29, 0.717) is 24.5 Å². The maximum Gasteiger partial charge on any atom is 0.331 e. The van der Waals surface area contributed by atoms with Crippen molar-refractivity contribution in [1.82, 2.24) is 0 Å². The van der Waals surface area contributed by atoms with Crippen LogP contribution in [0.2, 0.25) is 5.02 Å². The van der Waals surface area contributed by atoms with Gasteiger partial charge in [0.2, 0.25) is 0 Å². The number of halogens is 1. The van der Waals surface area contributed by atoms with E-state index in [2.05, 4.69) is 0 Å². The molecule has 0 aromatic heterocycles. The van der Waals surface area contributed by atoms with Crippen LogP contribution in [-0.4, -0.2) is 47.2 Å². The quantitative estimate of drug-likeness (QED) is 0.378. The lowest BCUT2D eigenvalue weighted by molar-refractivity contribution is -0.170. The first-order valence-corrected chi connectivity index (χ1v) is 10.5. The number of benzene rings is 2. The van der Waals surface area contributed by atoms with Crippen molar-refractivity contribution in [1.29, 1.82) is 0 Å². The SMILES string of the molecule is O=C(/C=C/c1ccccc1)O[C@@H]1C[C@@H](OCCCc2ccc(Cl)cc2)C[C@H](O)[C@H]1O. The Balaban J connectivity index is 1.45. The highest BCUT2D eigenvalue weighted by Crippen LogP contribution is 2.25. The van der Waals surface area contributed by atoms with Gasteiger partial charge in [-0.25, -0.2) is 4.79 Å². The second-order valence-electron chi connectivity index (χ2n) is 7.47. The lowest BCUT2D eigenvalue weighted by Gasteiger charge is -2.36. The van der Waals surface area contributed by atoms with Crippen molar-refractivity contribution in [2.24, 2.45) is 0 Å². The van der Waals surface area contributed by atoms with Gasteiger partial charge in [-0.15, -0.1) is 0 Å². The molecule has 0 aliphatic heterocycles. The van der Waals surface area contributed by atoms with Gasteiger partial charge in [-0.2, -0.15) is 0 Å². The van der Waals surface area contributed by atoms with E-state index in [0.717, 1.165) is 18.4 Å². The van der Waals surface area contributed by atoms with E-state index in [9.17, 15) is 15.0 Å². The van der Waals surface area contributed by atoms with Gasteiger partial charge in [0.1, 0.15) is 12.2 Å². The Morgan fingerprint density at radius 2 is 1.80 bits per heavy atom. The van der Waals surface area contributed by atoms with E-state index in [1.165, 1.54) is 11.6 Å². The number of hydrogen-bond acceptors (Lipinski definition) is 5. The van der Waals surface area contributed by atoms with Crippen molar-refractivity contribution in [3.63, 3.8) is 0 Å². The number of carbonyl (C=O) groups excluding carboxylic acids is 1. The number of aliphatic hydroxyl groups excluding tert-OH is 2. The Morgan fingerprint density at radius 3 is 2.53 bits per heavy atom. The summed E-state index contributed by atoms with van der Waals surface area (Å²) in [7, 11) is 0. The van der Waals surface area contributed by atoms with Crippen LogP contribution >= 0.6 is 11.6 Å². The summed E-state index contributed by atoms with van der Waals surface area (Å²) < 4.78 is 11.3. The fourth-order valence-electron chi connectivity index (χ4n) is 3.50. The van der Waals surface area contributed by atoms with Gasteiger partial charge in [0.05, 0.1) is 12.2 Å². The van der Waals surface area contributed by atoms with Gasteiger partial charge >= 0.3 is 5.97 Å². The molecule has 30 heavy (non-hydrogen) atoms. The van der Waals surface area contributed by atoms with Crippen LogP contribution in [0.5, 0.6) is 0 Å². The van der Waals surface area contributed by atoms with Crippen molar-refractivity contribution >= 4 is 23.6 Å². The molecule has 2 N–H and O–H groups in total. The zero-order valence-electron chi connectivity index (χ0n) is 16.7. The van der Waals surface area contributed by atoms with Crippen LogP contribution < -0.4 is 0 Å². The minimum Gasteiger partial charge on any atom is -0.456 e. The molecule has 0 saturated heterocycles. The number of carbonyl (C=O) groups is 1. The van der Waals surface area contributed by atoms with Crippen LogP contribution in [0.3, 0.4) is 0 Å². The summed E-state index contributed by atoms with van der Waals surface area (Å²) in [5.74, 6) is -0.557. The molecule has 6 heteroatoms. The molecule has 0 radical (unpaired) electrons. The second kappa shape index (κ2) is 11.3. The molecule has 0 spiro atoms. The highest BCUT2D eigenvalue weighted by molar-refractivity contribution is 6.30. The van der Waals surface area contributed by atoms with Crippen LogP contribution in [0.25, 0.3) is 6.08 Å². The van der Waals surface area contributed by atoms with E-state index < -0.39 is 24.3 Å². The average Bonchev–Trinajstić information content (AvgIpc) is 2.75. The molecule has 0 amide bonds. The summed E-state index contributed by atoms with van der Waals surface area (Å²) in [5, 5.41) is 21.1. The molecule has 1 aliphatic carbocycles. The van der Waals surface area contributed by atoms with E-state index in [-0.39, 0.29) is 6.10 Å². The first-order chi connectivity index (χ1) is 14.5. The maximum atomic E-state index is 12.1. The number of hydrogen-bond donors (Lipinski definition) is 2. The van der Waals surface area contributed by atoms with E-state index >= 15 is 0 Å². The Bertz CT molecular complexity index is 821. The van der Waals surface area contributed by atoms with Crippen LogP contribution in [0, 0.1) is 0 Å². The van der Waals surface area contributed by atoms with Gasteiger partial charge in [-0.05, 0) is 42.2 Å². The third-order valence-corrected chi connectivity index (χ3v) is 5.38. The van der Waals surface area contributed by atoms with Crippen molar-refractivity contribution in [2.45, 2.75) is 50.1 Å². The van der Waals surface area contributed by atoms with E-state index in [1.807, 2.05) is 54.6 Å². The lowest BCUT2D eigenvalue weighted by Crippen LogP contribution is -2.48. The average molecular weight is 431 g/mol. The topological polar surface area (TPSA) is 76.0 Å². The molecule has 1 aliphatic rings. The lowest BCUT2D eigenvalue weighted by atomic mass is 9.89. The molecule has 0 unspecified atom stereocenters. The fraction of sp³-hybridized carbons (Fsp3) is 0.375. The smallest absolute Gasteiger partial charge is 0.331 e. The molecule has 2 aromatic carbocycles. The third-order valence-electron chi connectivity index (χ3n) is 5.13. The highest BCUT2D eigenvalue weighted by Gasteiger charge is 2.38. The number of rotatable bonds is 8. The summed E-state index contributed by atoms with van der Waals surface area (Å²) >= 11 is 5.89. The molecule has 4 atom stereocenters. The largest absolute Gasteiger partial charge is 0.456 e. The van der Waals surface area contributed by atoms with Crippen LogP contribution in [-0.2, 0) is 20.7 Å². The van der Waals surface area contributed by atoms with Gasteiger partial charge in [-0.1, -0.05) is 54.1 Å². The zero-order valence-corrected chi connectivity index (χ0v) is 17.4. The molecule has 1 fully saturated rings. The maximum absolute atomic E-state index is 12.1. The van der Waals surface area contributed by atoms with Gasteiger partial charge < -0.3 is 19.7 Å².